The first-order valence-electron chi connectivity index (χ1n) is 8.19. The van der Waals surface area contributed by atoms with E-state index < -0.39 is 5.82 Å². The van der Waals surface area contributed by atoms with Crippen LogP contribution in [0.25, 0.3) is 33.3 Å². The van der Waals surface area contributed by atoms with E-state index in [4.69, 9.17) is 16.7 Å². The molecule has 0 saturated carbocycles. The Hall–Kier alpha value is -2.66. The predicted octanol–water partition coefficient (Wildman–Crippen LogP) is 4.83. The van der Waals surface area contributed by atoms with Crippen molar-refractivity contribution in [2.45, 2.75) is 19.4 Å². The molecule has 0 bridgehead atoms. The van der Waals surface area contributed by atoms with E-state index in [0.29, 0.717) is 0 Å². The third kappa shape index (κ3) is 2.27. The third-order valence-electron chi connectivity index (χ3n) is 4.76. The van der Waals surface area contributed by atoms with Crippen LogP contribution in [0.1, 0.15) is 12.1 Å². The van der Waals surface area contributed by atoms with Crippen LogP contribution in [0, 0.1) is 5.82 Å². The molecule has 1 aliphatic heterocycles. The van der Waals surface area contributed by atoms with E-state index in [9.17, 15) is 4.39 Å². The maximum Gasteiger partial charge on any atom is 0.141 e. The van der Waals surface area contributed by atoms with E-state index in [1.807, 2.05) is 12.3 Å². The molecule has 124 valence electrons. The molecular weight excluding hydrogens is 339 g/mol. The van der Waals surface area contributed by atoms with Crippen LogP contribution in [0.2, 0.25) is 5.02 Å². The molecule has 5 rings (SSSR count). The molecule has 0 unspecified atom stereocenters. The maximum atomic E-state index is 13.6. The van der Waals surface area contributed by atoms with Gasteiger partial charge in [-0.2, -0.15) is 10.2 Å². The van der Waals surface area contributed by atoms with Gasteiger partial charge in [0.05, 0.1) is 16.7 Å². The number of aromatic amines is 1. The van der Waals surface area contributed by atoms with Gasteiger partial charge in [-0.15, -0.1) is 0 Å². The Morgan fingerprint density at radius 2 is 2.00 bits per heavy atom. The Morgan fingerprint density at radius 1 is 1.12 bits per heavy atom. The zero-order valence-corrected chi connectivity index (χ0v) is 14.0. The lowest BCUT2D eigenvalue weighted by Gasteiger charge is -2.07. The van der Waals surface area contributed by atoms with Gasteiger partial charge in [-0.3, -0.25) is 9.78 Å². The summed E-state index contributed by atoms with van der Waals surface area (Å²) < 4.78 is 15.6. The van der Waals surface area contributed by atoms with Crippen LogP contribution in [-0.2, 0) is 13.0 Å². The minimum Gasteiger partial charge on any atom is -0.278 e. The topological polar surface area (TPSA) is 46.5 Å². The highest BCUT2D eigenvalue weighted by molar-refractivity contribution is 6.31. The minimum absolute atomic E-state index is 0.113. The average Bonchev–Trinajstić information content (AvgIpc) is 3.31. The van der Waals surface area contributed by atoms with Crippen molar-refractivity contribution in [3.63, 3.8) is 0 Å². The third-order valence-corrected chi connectivity index (χ3v) is 5.05. The van der Waals surface area contributed by atoms with Crippen LogP contribution in [0.4, 0.5) is 4.39 Å². The summed E-state index contributed by atoms with van der Waals surface area (Å²) >= 11 is 6.00. The minimum atomic E-state index is -0.418. The summed E-state index contributed by atoms with van der Waals surface area (Å²) in [6.07, 6.45) is 3.89. The molecule has 4 aromatic rings. The number of nitrogens with one attached hydrogen (secondary N) is 1. The quantitative estimate of drug-likeness (QED) is 0.561. The zero-order chi connectivity index (χ0) is 17.0. The molecule has 0 fully saturated rings. The van der Waals surface area contributed by atoms with Gasteiger partial charge in [0.1, 0.15) is 11.5 Å². The molecule has 25 heavy (non-hydrogen) atoms. The molecule has 2 aromatic carbocycles. The van der Waals surface area contributed by atoms with Crippen molar-refractivity contribution in [2.75, 3.05) is 0 Å². The molecular formula is C19H14ClFN4. The Morgan fingerprint density at radius 3 is 2.88 bits per heavy atom. The van der Waals surface area contributed by atoms with Crippen molar-refractivity contribution in [1.29, 1.82) is 0 Å². The fourth-order valence-corrected chi connectivity index (χ4v) is 3.76. The summed E-state index contributed by atoms with van der Waals surface area (Å²) in [5.74, 6) is -0.418. The van der Waals surface area contributed by atoms with Gasteiger partial charge in [0.25, 0.3) is 0 Å². The van der Waals surface area contributed by atoms with E-state index >= 15 is 0 Å². The van der Waals surface area contributed by atoms with Gasteiger partial charge in [-0.05, 0) is 48.7 Å². The van der Waals surface area contributed by atoms with Crippen molar-refractivity contribution in [3.05, 3.63) is 59.1 Å². The first kappa shape index (κ1) is 14.7. The number of nitrogens with zero attached hydrogens (tertiary/aromatic N) is 3. The number of halogens is 2. The van der Waals surface area contributed by atoms with Gasteiger partial charge in [0, 0.05) is 28.8 Å². The number of aryl methyl sites for hydroxylation is 1. The molecule has 6 heteroatoms. The van der Waals surface area contributed by atoms with Gasteiger partial charge in [0.2, 0.25) is 0 Å². The van der Waals surface area contributed by atoms with Gasteiger partial charge in [-0.25, -0.2) is 4.39 Å². The van der Waals surface area contributed by atoms with Gasteiger partial charge < -0.3 is 0 Å². The average molecular weight is 353 g/mol. The normalized spacial score (nSPS) is 13.5. The number of H-pyrrole nitrogens is 1. The predicted molar refractivity (Wildman–Crippen MR) is 96.0 cm³/mol. The number of aromatic nitrogens is 4. The lowest BCUT2D eigenvalue weighted by Crippen LogP contribution is -1.94. The lowest BCUT2D eigenvalue weighted by molar-refractivity contribution is 0.628. The molecule has 1 N–H and O–H groups in total. The van der Waals surface area contributed by atoms with Crippen molar-refractivity contribution in [2.24, 2.45) is 0 Å². The second kappa shape index (κ2) is 5.43. The summed E-state index contributed by atoms with van der Waals surface area (Å²) in [7, 11) is 0. The SMILES string of the molecule is Fc1ccc(-c2nn3c(c2-c2ccc4[nH]ncc4c2)CCC3)cc1Cl. The van der Waals surface area contributed by atoms with E-state index in [1.54, 1.807) is 12.1 Å². The van der Waals surface area contributed by atoms with Crippen LogP contribution in [0.15, 0.2) is 42.6 Å². The second-order valence-corrected chi connectivity index (χ2v) is 6.71. The number of hydrogen-bond donors (Lipinski definition) is 1. The molecule has 4 nitrogen and oxygen atoms in total. The molecule has 2 aromatic heterocycles. The molecule has 0 amide bonds. The zero-order valence-electron chi connectivity index (χ0n) is 13.3. The molecule has 3 heterocycles. The molecule has 0 radical (unpaired) electrons. The van der Waals surface area contributed by atoms with E-state index in [0.717, 1.165) is 52.7 Å². The number of benzene rings is 2. The maximum absolute atomic E-state index is 13.6. The first-order valence-corrected chi connectivity index (χ1v) is 8.57. The van der Waals surface area contributed by atoms with Crippen molar-refractivity contribution in [1.82, 2.24) is 20.0 Å². The summed E-state index contributed by atoms with van der Waals surface area (Å²) in [5.41, 5.74) is 6.09. The largest absolute Gasteiger partial charge is 0.278 e. The monoisotopic (exact) mass is 352 g/mol. The highest BCUT2D eigenvalue weighted by atomic mass is 35.5. The molecule has 1 aliphatic rings. The van der Waals surface area contributed by atoms with Crippen LogP contribution < -0.4 is 0 Å². The smallest absolute Gasteiger partial charge is 0.141 e. The lowest BCUT2D eigenvalue weighted by atomic mass is 9.97. The van der Waals surface area contributed by atoms with Crippen LogP contribution in [0.3, 0.4) is 0 Å². The summed E-state index contributed by atoms with van der Waals surface area (Å²) in [5, 5.41) is 13.0. The standard InChI is InChI=1S/C19H14ClFN4/c20-14-9-12(3-5-15(14)21)19-18(17-2-1-7-25(17)24-19)11-4-6-16-13(8-11)10-22-23-16/h3-6,8-10H,1-2,7H2,(H,22,23). The summed E-state index contributed by atoms with van der Waals surface area (Å²) in [6.45, 7) is 0.908. The van der Waals surface area contributed by atoms with E-state index in [-0.39, 0.29) is 5.02 Å². The number of fused-ring (bicyclic) bond motifs is 2. The van der Waals surface area contributed by atoms with E-state index in [2.05, 4.69) is 27.0 Å². The van der Waals surface area contributed by atoms with Crippen molar-refractivity contribution in [3.8, 4) is 22.4 Å². The van der Waals surface area contributed by atoms with Crippen molar-refractivity contribution >= 4 is 22.5 Å². The summed E-state index contributed by atoms with van der Waals surface area (Å²) in [4.78, 5) is 0. The Kier molecular flexibility index (Phi) is 3.18. The van der Waals surface area contributed by atoms with Crippen LogP contribution in [-0.4, -0.2) is 20.0 Å². The highest BCUT2D eigenvalue weighted by Gasteiger charge is 2.24. The number of rotatable bonds is 2. The Balaban J connectivity index is 1.76. The van der Waals surface area contributed by atoms with E-state index in [1.165, 1.54) is 11.8 Å². The fraction of sp³-hybridized carbons (Fsp3) is 0.158. The molecule has 0 spiro atoms. The van der Waals surface area contributed by atoms with Crippen LogP contribution in [0.5, 0.6) is 0 Å². The summed E-state index contributed by atoms with van der Waals surface area (Å²) in [6, 6.07) is 11.0. The Bertz CT molecular complexity index is 1110. The molecule has 0 aliphatic carbocycles. The van der Waals surface area contributed by atoms with Crippen LogP contribution >= 0.6 is 11.6 Å². The second-order valence-electron chi connectivity index (χ2n) is 6.30. The van der Waals surface area contributed by atoms with Crippen molar-refractivity contribution < 1.29 is 4.39 Å². The molecule has 0 saturated heterocycles. The first-order chi connectivity index (χ1) is 12.2. The van der Waals surface area contributed by atoms with Gasteiger partial charge in [-0.1, -0.05) is 17.7 Å². The van der Waals surface area contributed by atoms with Gasteiger partial charge >= 0.3 is 0 Å². The van der Waals surface area contributed by atoms with Gasteiger partial charge in [0.15, 0.2) is 0 Å². The number of hydrogen-bond acceptors (Lipinski definition) is 2. The highest BCUT2D eigenvalue weighted by Crippen LogP contribution is 2.39. The fourth-order valence-electron chi connectivity index (χ4n) is 3.58. The Labute approximate surface area is 148 Å². The molecule has 0 atom stereocenters.